The molecule has 154 valence electrons. The molecule has 3 nitrogen and oxygen atoms in total. The molecule has 0 bridgehead atoms. The molecule has 5 rings (SSSR count). The highest BCUT2D eigenvalue weighted by atomic mass is 79.9. The summed E-state index contributed by atoms with van der Waals surface area (Å²) >= 11 is 3.57. The van der Waals surface area contributed by atoms with Crippen molar-refractivity contribution in [2.75, 3.05) is 0 Å². The van der Waals surface area contributed by atoms with Gasteiger partial charge in [-0.2, -0.15) is 0 Å². The highest BCUT2D eigenvalue weighted by molar-refractivity contribution is 9.10. The third-order valence-electron chi connectivity index (χ3n) is 5.49. The predicted molar refractivity (Wildman–Crippen MR) is 135 cm³/mol. The van der Waals surface area contributed by atoms with Gasteiger partial charge in [-0.25, -0.2) is 0 Å². The van der Waals surface area contributed by atoms with Gasteiger partial charge in [0.05, 0.1) is 16.6 Å². The van der Waals surface area contributed by atoms with Crippen LogP contribution < -0.4 is 0 Å². The largest absolute Gasteiger partial charge is 0.289 e. The van der Waals surface area contributed by atoms with E-state index in [0.717, 1.165) is 48.7 Å². The van der Waals surface area contributed by atoms with Crippen molar-refractivity contribution >= 4 is 49.6 Å². The van der Waals surface area contributed by atoms with Gasteiger partial charge in [0, 0.05) is 32.7 Å². The minimum Gasteiger partial charge on any atom is -0.289 e. The number of carbonyl (C=O) groups is 1. The van der Waals surface area contributed by atoms with E-state index in [2.05, 4.69) is 20.9 Å². The summed E-state index contributed by atoms with van der Waals surface area (Å²) in [7, 11) is 0. The standard InChI is InChI=1S/C28H19BrN2O/c1-18-27(26(32)14-10-19-9-12-24-21(16-19)8-5-15-30-24)28(20-6-3-2-4-7-20)23-17-22(29)11-13-25(23)31-18/h2-17H,1H3. The van der Waals surface area contributed by atoms with Gasteiger partial charge in [-0.15, -0.1) is 0 Å². The fraction of sp³-hybridized carbons (Fsp3) is 0.0357. The number of carbonyl (C=O) groups excluding carboxylic acids is 1. The molecule has 0 unspecified atom stereocenters. The van der Waals surface area contributed by atoms with Crippen LogP contribution in [0.15, 0.2) is 95.6 Å². The maximum Gasteiger partial charge on any atom is 0.188 e. The third-order valence-corrected chi connectivity index (χ3v) is 5.98. The Kier molecular flexibility index (Phi) is 5.38. The Morgan fingerprint density at radius 2 is 1.72 bits per heavy atom. The van der Waals surface area contributed by atoms with E-state index in [4.69, 9.17) is 4.98 Å². The number of nitrogens with zero attached hydrogens (tertiary/aromatic N) is 2. The van der Waals surface area contributed by atoms with Crippen LogP contribution in [0.5, 0.6) is 0 Å². The minimum absolute atomic E-state index is 0.0676. The number of pyridine rings is 2. The molecule has 0 fully saturated rings. The van der Waals surface area contributed by atoms with Gasteiger partial charge in [-0.3, -0.25) is 14.8 Å². The predicted octanol–water partition coefficient (Wildman–Crippen LogP) is 7.42. The molecule has 0 aliphatic rings. The van der Waals surface area contributed by atoms with Crippen LogP contribution in [0.25, 0.3) is 39.0 Å². The van der Waals surface area contributed by atoms with Crippen molar-refractivity contribution in [1.29, 1.82) is 0 Å². The van der Waals surface area contributed by atoms with E-state index in [1.807, 2.05) is 91.9 Å². The number of allylic oxidation sites excluding steroid dienone is 1. The Balaban J connectivity index is 1.64. The lowest BCUT2D eigenvalue weighted by atomic mass is 9.92. The van der Waals surface area contributed by atoms with Crippen molar-refractivity contribution in [3.05, 3.63) is 112 Å². The Labute approximate surface area is 194 Å². The summed E-state index contributed by atoms with van der Waals surface area (Å²) in [5.74, 6) is -0.0676. The van der Waals surface area contributed by atoms with Crippen LogP contribution in [-0.2, 0) is 0 Å². The smallest absolute Gasteiger partial charge is 0.188 e. The molecule has 5 aromatic rings. The Morgan fingerprint density at radius 3 is 2.56 bits per heavy atom. The lowest BCUT2D eigenvalue weighted by Crippen LogP contribution is -2.05. The first-order valence-corrected chi connectivity index (χ1v) is 11.1. The molecular weight excluding hydrogens is 460 g/mol. The van der Waals surface area contributed by atoms with Crippen molar-refractivity contribution < 1.29 is 4.79 Å². The van der Waals surface area contributed by atoms with E-state index in [9.17, 15) is 4.79 Å². The number of aromatic nitrogens is 2. The number of benzene rings is 3. The van der Waals surface area contributed by atoms with E-state index in [1.165, 1.54) is 0 Å². The molecule has 0 aliphatic heterocycles. The van der Waals surface area contributed by atoms with Crippen molar-refractivity contribution in [3.8, 4) is 11.1 Å². The fourth-order valence-electron chi connectivity index (χ4n) is 4.02. The molecule has 2 heterocycles. The van der Waals surface area contributed by atoms with Crippen molar-refractivity contribution in [1.82, 2.24) is 9.97 Å². The second-order valence-electron chi connectivity index (χ2n) is 7.63. The van der Waals surface area contributed by atoms with Gasteiger partial charge in [0.2, 0.25) is 0 Å². The highest BCUT2D eigenvalue weighted by Crippen LogP contribution is 2.35. The molecule has 0 N–H and O–H groups in total. The van der Waals surface area contributed by atoms with Gasteiger partial charge < -0.3 is 0 Å². The van der Waals surface area contributed by atoms with Gasteiger partial charge in [0.25, 0.3) is 0 Å². The molecule has 32 heavy (non-hydrogen) atoms. The molecule has 0 radical (unpaired) electrons. The van der Waals surface area contributed by atoms with Gasteiger partial charge in [0.1, 0.15) is 0 Å². The quantitative estimate of drug-likeness (QED) is 0.199. The van der Waals surface area contributed by atoms with Gasteiger partial charge >= 0.3 is 0 Å². The average Bonchev–Trinajstić information content (AvgIpc) is 2.82. The zero-order valence-electron chi connectivity index (χ0n) is 17.4. The van der Waals surface area contributed by atoms with Crippen LogP contribution in [0.2, 0.25) is 0 Å². The van der Waals surface area contributed by atoms with Crippen LogP contribution in [0.1, 0.15) is 21.6 Å². The van der Waals surface area contributed by atoms with Crippen LogP contribution in [0, 0.1) is 6.92 Å². The molecule has 3 aromatic carbocycles. The molecule has 4 heteroatoms. The molecule has 0 spiro atoms. The Hall–Kier alpha value is -3.63. The monoisotopic (exact) mass is 478 g/mol. The minimum atomic E-state index is -0.0676. The van der Waals surface area contributed by atoms with Crippen LogP contribution in [0.3, 0.4) is 0 Å². The molecule has 2 aromatic heterocycles. The van der Waals surface area contributed by atoms with Crippen molar-refractivity contribution in [2.24, 2.45) is 0 Å². The van der Waals surface area contributed by atoms with E-state index >= 15 is 0 Å². The van der Waals surface area contributed by atoms with Gasteiger partial charge in [-0.1, -0.05) is 64.5 Å². The molecule has 0 amide bonds. The molecule has 0 saturated carbocycles. The summed E-state index contributed by atoms with van der Waals surface area (Å²) in [5, 5.41) is 1.99. The number of ketones is 1. The summed E-state index contributed by atoms with van der Waals surface area (Å²) in [6, 6.07) is 25.9. The fourth-order valence-corrected chi connectivity index (χ4v) is 4.38. The molecule has 0 atom stereocenters. The van der Waals surface area contributed by atoms with Crippen LogP contribution in [-0.4, -0.2) is 15.8 Å². The van der Waals surface area contributed by atoms with Crippen molar-refractivity contribution in [2.45, 2.75) is 6.92 Å². The zero-order valence-corrected chi connectivity index (χ0v) is 19.0. The second kappa shape index (κ2) is 8.48. The number of fused-ring (bicyclic) bond motifs is 2. The molecule has 0 aliphatic carbocycles. The van der Waals surface area contributed by atoms with Gasteiger partial charge in [-0.05, 0) is 60.5 Å². The first-order valence-electron chi connectivity index (χ1n) is 10.3. The number of aryl methyl sites for hydroxylation is 1. The SMILES string of the molecule is Cc1nc2ccc(Br)cc2c(-c2ccccc2)c1C(=O)C=Cc1ccc2ncccc2c1. The summed E-state index contributed by atoms with van der Waals surface area (Å²) in [6.07, 6.45) is 5.27. The first-order chi connectivity index (χ1) is 15.6. The number of rotatable bonds is 4. The van der Waals surface area contributed by atoms with E-state index in [1.54, 1.807) is 12.3 Å². The maximum atomic E-state index is 13.5. The van der Waals surface area contributed by atoms with E-state index in [0.29, 0.717) is 5.56 Å². The van der Waals surface area contributed by atoms with Gasteiger partial charge in [0.15, 0.2) is 5.78 Å². The Morgan fingerprint density at radius 1 is 0.906 bits per heavy atom. The number of hydrogen-bond donors (Lipinski definition) is 0. The van der Waals surface area contributed by atoms with Crippen LogP contribution in [0.4, 0.5) is 0 Å². The average molecular weight is 479 g/mol. The summed E-state index contributed by atoms with van der Waals surface area (Å²) in [6.45, 7) is 1.90. The highest BCUT2D eigenvalue weighted by Gasteiger charge is 2.19. The first kappa shape index (κ1) is 20.3. The molecular formula is C28H19BrN2O. The van der Waals surface area contributed by atoms with E-state index < -0.39 is 0 Å². The lowest BCUT2D eigenvalue weighted by molar-refractivity contribution is 0.104. The summed E-state index contributed by atoms with van der Waals surface area (Å²) in [4.78, 5) is 22.6. The second-order valence-corrected chi connectivity index (χ2v) is 8.54. The van der Waals surface area contributed by atoms with Crippen LogP contribution >= 0.6 is 15.9 Å². The maximum absolute atomic E-state index is 13.5. The summed E-state index contributed by atoms with van der Waals surface area (Å²) < 4.78 is 0.951. The van der Waals surface area contributed by atoms with E-state index in [-0.39, 0.29) is 5.78 Å². The number of hydrogen-bond acceptors (Lipinski definition) is 3. The Bertz CT molecular complexity index is 1510. The molecule has 0 saturated heterocycles. The zero-order chi connectivity index (χ0) is 22.1. The van der Waals surface area contributed by atoms with Crippen molar-refractivity contribution in [3.63, 3.8) is 0 Å². The number of halogens is 1. The lowest BCUT2D eigenvalue weighted by Gasteiger charge is -2.14. The topological polar surface area (TPSA) is 42.9 Å². The summed E-state index contributed by atoms with van der Waals surface area (Å²) in [5.41, 5.74) is 6.00. The third kappa shape index (κ3) is 3.85. The normalized spacial score (nSPS) is 11.4.